The van der Waals surface area contributed by atoms with Crippen molar-refractivity contribution in [2.75, 3.05) is 39.4 Å². The quantitative estimate of drug-likeness (QED) is 0.704. The smallest absolute Gasteiger partial charge is 0.273 e. The number of aromatic nitrogens is 3. The van der Waals surface area contributed by atoms with E-state index < -0.39 is 0 Å². The average Bonchev–Trinajstić information content (AvgIpc) is 2.95. The highest BCUT2D eigenvalue weighted by atomic mass is 16.5. The van der Waals surface area contributed by atoms with Crippen LogP contribution < -0.4 is 11.1 Å². The van der Waals surface area contributed by atoms with Gasteiger partial charge in [-0.15, -0.1) is 5.10 Å². The van der Waals surface area contributed by atoms with Crippen molar-refractivity contribution in [3.63, 3.8) is 0 Å². The number of carbonyl (C=O) groups excluding carboxylic acids is 1. The van der Waals surface area contributed by atoms with E-state index in [0.717, 1.165) is 26.3 Å². The Balaban J connectivity index is 1.86. The molecule has 2 heterocycles. The van der Waals surface area contributed by atoms with E-state index in [0.29, 0.717) is 25.3 Å². The van der Waals surface area contributed by atoms with Crippen LogP contribution in [-0.4, -0.2) is 70.7 Å². The highest BCUT2D eigenvalue weighted by molar-refractivity contribution is 5.91. The monoisotopic (exact) mass is 296 g/mol. The van der Waals surface area contributed by atoms with Crippen molar-refractivity contribution in [2.45, 2.75) is 25.9 Å². The molecule has 0 aliphatic carbocycles. The van der Waals surface area contributed by atoms with Gasteiger partial charge in [0.05, 0.1) is 26.0 Å². The molecule has 1 fully saturated rings. The molecule has 8 heteroatoms. The van der Waals surface area contributed by atoms with E-state index >= 15 is 0 Å². The molecule has 2 rings (SSSR count). The van der Waals surface area contributed by atoms with Gasteiger partial charge in [0.1, 0.15) is 0 Å². The lowest BCUT2D eigenvalue weighted by molar-refractivity contribution is -0.00924. The van der Waals surface area contributed by atoms with Crippen LogP contribution in [0.2, 0.25) is 0 Å². The third-order valence-corrected chi connectivity index (χ3v) is 3.68. The van der Waals surface area contributed by atoms with Crippen molar-refractivity contribution in [3.8, 4) is 0 Å². The first kappa shape index (κ1) is 15.9. The van der Waals surface area contributed by atoms with Crippen molar-refractivity contribution < 1.29 is 9.53 Å². The number of nitrogens with two attached hydrogens (primary N) is 1. The van der Waals surface area contributed by atoms with Crippen LogP contribution in [0.25, 0.3) is 0 Å². The van der Waals surface area contributed by atoms with Crippen molar-refractivity contribution in [3.05, 3.63) is 11.9 Å². The van der Waals surface area contributed by atoms with Crippen LogP contribution in [0.5, 0.6) is 0 Å². The molecular weight excluding hydrogens is 272 g/mol. The molecule has 21 heavy (non-hydrogen) atoms. The third-order valence-electron chi connectivity index (χ3n) is 3.68. The molecule has 0 atom stereocenters. The number of hydrogen-bond donors (Lipinski definition) is 2. The zero-order chi connectivity index (χ0) is 15.3. The molecule has 0 saturated carbocycles. The van der Waals surface area contributed by atoms with Crippen molar-refractivity contribution in [2.24, 2.45) is 5.73 Å². The number of nitrogens with zero attached hydrogens (tertiary/aromatic N) is 4. The number of ether oxygens (including phenoxy) is 1. The molecule has 3 N–H and O–H groups in total. The Hall–Kier alpha value is -1.51. The molecule has 0 radical (unpaired) electrons. The van der Waals surface area contributed by atoms with Crippen LogP contribution in [0, 0.1) is 0 Å². The third kappa shape index (κ3) is 4.23. The predicted molar refractivity (Wildman–Crippen MR) is 77.9 cm³/mol. The van der Waals surface area contributed by atoms with Gasteiger partial charge >= 0.3 is 0 Å². The lowest BCUT2D eigenvalue weighted by Crippen LogP contribution is -2.55. The summed E-state index contributed by atoms with van der Waals surface area (Å²) < 4.78 is 6.93. The Labute approximate surface area is 124 Å². The fourth-order valence-electron chi connectivity index (χ4n) is 2.31. The summed E-state index contributed by atoms with van der Waals surface area (Å²) in [5.74, 6) is -0.209. The second-order valence-electron chi connectivity index (χ2n) is 5.75. The molecule has 118 valence electrons. The summed E-state index contributed by atoms with van der Waals surface area (Å²) in [6, 6.07) is 0. The molecule has 0 aromatic carbocycles. The molecule has 8 nitrogen and oxygen atoms in total. The normalized spacial score (nSPS) is 16.9. The summed E-state index contributed by atoms with van der Waals surface area (Å²) in [4.78, 5) is 14.4. The fourth-order valence-corrected chi connectivity index (χ4v) is 2.31. The standard InChI is InChI=1S/C13H24N6O2/c1-13(2,18-5-7-21-8-6-18)10-15-12(20)11-9-19(4-3-14)17-16-11/h9H,3-8,10,14H2,1-2H3,(H,15,20). The Morgan fingerprint density at radius 2 is 2.19 bits per heavy atom. The van der Waals surface area contributed by atoms with Gasteiger partial charge in [0.15, 0.2) is 5.69 Å². The molecule has 1 aromatic rings. The Morgan fingerprint density at radius 1 is 1.48 bits per heavy atom. The van der Waals surface area contributed by atoms with E-state index in [1.54, 1.807) is 10.9 Å². The highest BCUT2D eigenvalue weighted by Gasteiger charge is 2.28. The first-order valence-corrected chi connectivity index (χ1v) is 7.24. The first-order chi connectivity index (χ1) is 10.0. The number of hydrogen-bond acceptors (Lipinski definition) is 6. The van der Waals surface area contributed by atoms with Crippen molar-refractivity contribution >= 4 is 5.91 Å². The van der Waals surface area contributed by atoms with E-state index in [1.807, 2.05) is 0 Å². The van der Waals surface area contributed by atoms with Crippen LogP contribution >= 0.6 is 0 Å². The minimum atomic E-state index is -0.209. The minimum Gasteiger partial charge on any atom is -0.379 e. The number of nitrogens with one attached hydrogen (secondary N) is 1. The summed E-state index contributed by atoms with van der Waals surface area (Å²) in [6.07, 6.45) is 1.62. The topological polar surface area (TPSA) is 98.3 Å². The van der Waals surface area contributed by atoms with Crippen molar-refractivity contribution in [1.82, 2.24) is 25.2 Å². The summed E-state index contributed by atoms with van der Waals surface area (Å²) in [5, 5.41) is 10.6. The van der Waals surface area contributed by atoms with Crippen LogP contribution in [-0.2, 0) is 11.3 Å². The summed E-state index contributed by atoms with van der Waals surface area (Å²) in [6.45, 7) is 9.05. The van der Waals surface area contributed by atoms with Gasteiger partial charge in [-0.1, -0.05) is 5.21 Å². The van der Waals surface area contributed by atoms with E-state index in [1.165, 1.54) is 0 Å². The number of amides is 1. The summed E-state index contributed by atoms with van der Waals surface area (Å²) >= 11 is 0. The molecule has 0 unspecified atom stereocenters. The predicted octanol–water partition coefficient (Wildman–Crippen LogP) is -0.923. The second kappa shape index (κ2) is 6.97. The largest absolute Gasteiger partial charge is 0.379 e. The lowest BCUT2D eigenvalue weighted by atomic mass is 10.0. The average molecular weight is 296 g/mol. The van der Waals surface area contributed by atoms with E-state index in [2.05, 4.69) is 34.4 Å². The van der Waals surface area contributed by atoms with Crippen molar-refractivity contribution in [1.29, 1.82) is 0 Å². The number of carbonyl (C=O) groups is 1. The zero-order valence-corrected chi connectivity index (χ0v) is 12.7. The Morgan fingerprint density at radius 3 is 2.86 bits per heavy atom. The second-order valence-corrected chi connectivity index (χ2v) is 5.75. The SMILES string of the molecule is CC(C)(CNC(=O)c1cn(CCN)nn1)N1CCOCC1. The van der Waals surface area contributed by atoms with Crippen LogP contribution in [0.4, 0.5) is 0 Å². The summed E-state index contributed by atoms with van der Waals surface area (Å²) in [7, 11) is 0. The number of rotatable bonds is 6. The molecule has 1 aromatic heterocycles. The lowest BCUT2D eigenvalue weighted by Gasteiger charge is -2.40. The Bertz CT molecular complexity index is 467. The fraction of sp³-hybridized carbons (Fsp3) is 0.769. The van der Waals surface area contributed by atoms with E-state index in [4.69, 9.17) is 10.5 Å². The minimum absolute atomic E-state index is 0.118. The molecule has 0 spiro atoms. The van der Waals surface area contributed by atoms with Gasteiger partial charge < -0.3 is 15.8 Å². The Kier molecular flexibility index (Phi) is 5.27. The van der Waals surface area contributed by atoms with Gasteiger partial charge in [-0.3, -0.25) is 14.4 Å². The molecule has 0 bridgehead atoms. The van der Waals surface area contributed by atoms with Crippen LogP contribution in [0.1, 0.15) is 24.3 Å². The highest BCUT2D eigenvalue weighted by Crippen LogP contribution is 2.15. The van der Waals surface area contributed by atoms with E-state index in [-0.39, 0.29) is 11.4 Å². The molecule has 1 aliphatic rings. The van der Waals surface area contributed by atoms with Gasteiger partial charge in [0.2, 0.25) is 0 Å². The molecule has 1 aliphatic heterocycles. The van der Waals surface area contributed by atoms with Gasteiger partial charge in [0.25, 0.3) is 5.91 Å². The maximum absolute atomic E-state index is 12.1. The first-order valence-electron chi connectivity index (χ1n) is 7.24. The molecule has 1 saturated heterocycles. The van der Waals surface area contributed by atoms with Gasteiger partial charge in [-0.2, -0.15) is 0 Å². The summed E-state index contributed by atoms with van der Waals surface area (Å²) in [5.41, 5.74) is 5.64. The van der Waals surface area contributed by atoms with Crippen LogP contribution in [0.15, 0.2) is 6.20 Å². The van der Waals surface area contributed by atoms with Gasteiger partial charge in [-0.05, 0) is 13.8 Å². The molecular formula is C13H24N6O2. The molecule has 1 amide bonds. The maximum atomic E-state index is 12.1. The van der Waals surface area contributed by atoms with Gasteiger partial charge in [0, 0.05) is 31.7 Å². The van der Waals surface area contributed by atoms with Gasteiger partial charge in [-0.25, -0.2) is 0 Å². The number of morpholine rings is 1. The van der Waals surface area contributed by atoms with Crippen LogP contribution in [0.3, 0.4) is 0 Å². The maximum Gasteiger partial charge on any atom is 0.273 e. The zero-order valence-electron chi connectivity index (χ0n) is 12.7. The van der Waals surface area contributed by atoms with E-state index in [9.17, 15) is 4.79 Å².